The number of methoxy groups -OCH3 is 1. The normalized spacial score (nSPS) is 12.2. The zero-order chi connectivity index (χ0) is 17.9. The summed E-state index contributed by atoms with van der Waals surface area (Å²) in [6.45, 7) is 7.12. The fourth-order valence-corrected chi connectivity index (χ4v) is 2.49. The Balaban J connectivity index is 2.60. The van der Waals surface area contributed by atoms with Gasteiger partial charge in [0.15, 0.2) is 11.5 Å². The van der Waals surface area contributed by atoms with Crippen molar-refractivity contribution in [1.82, 2.24) is 5.32 Å². The Bertz CT molecular complexity index is 502. The van der Waals surface area contributed by atoms with Crippen LogP contribution in [0.25, 0.3) is 0 Å². The highest BCUT2D eigenvalue weighted by Crippen LogP contribution is 2.28. The number of carboxylic acids is 1. The Morgan fingerprint density at radius 3 is 2.54 bits per heavy atom. The van der Waals surface area contributed by atoms with Gasteiger partial charge in [0, 0.05) is 6.54 Å². The summed E-state index contributed by atoms with van der Waals surface area (Å²) < 4.78 is 11.2. The lowest BCUT2D eigenvalue weighted by Crippen LogP contribution is -2.40. The van der Waals surface area contributed by atoms with Gasteiger partial charge in [0.25, 0.3) is 0 Å². The van der Waals surface area contributed by atoms with Gasteiger partial charge < -0.3 is 19.9 Å². The molecule has 0 heterocycles. The lowest BCUT2D eigenvalue weighted by Gasteiger charge is -2.18. The second-order valence-corrected chi connectivity index (χ2v) is 6.34. The molecule has 0 aliphatic carbocycles. The van der Waals surface area contributed by atoms with Gasteiger partial charge in [-0.2, -0.15) is 0 Å². The van der Waals surface area contributed by atoms with Gasteiger partial charge in [0.2, 0.25) is 0 Å². The van der Waals surface area contributed by atoms with E-state index in [1.54, 1.807) is 7.11 Å². The SMILES string of the molecule is CCCCCCOc1ccc(CNC(C(=O)O)C(C)C)cc1OC. The Kier molecular flexibility index (Phi) is 9.23. The zero-order valence-corrected chi connectivity index (χ0v) is 15.3. The molecule has 1 rings (SSSR count). The van der Waals surface area contributed by atoms with Crippen LogP contribution in [0.1, 0.15) is 52.0 Å². The van der Waals surface area contributed by atoms with Gasteiger partial charge >= 0.3 is 5.97 Å². The Morgan fingerprint density at radius 2 is 1.96 bits per heavy atom. The van der Waals surface area contributed by atoms with Crippen LogP contribution in [0.15, 0.2) is 18.2 Å². The lowest BCUT2D eigenvalue weighted by molar-refractivity contribution is -0.140. The van der Waals surface area contributed by atoms with E-state index < -0.39 is 12.0 Å². The second-order valence-electron chi connectivity index (χ2n) is 6.34. The molecule has 0 fully saturated rings. The smallest absolute Gasteiger partial charge is 0.320 e. The van der Waals surface area contributed by atoms with E-state index >= 15 is 0 Å². The van der Waals surface area contributed by atoms with E-state index in [9.17, 15) is 9.90 Å². The molecule has 0 spiro atoms. The van der Waals surface area contributed by atoms with E-state index in [4.69, 9.17) is 9.47 Å². The van der Waals surface area contributed by atoms with Crippen LogP contribution in [0.2, 0.25) is 0 Å². The molecule has 0 bridgehead atoms. The first-order valence-corrected chi connectivity index (χ1v) is 8.75. The second kappa shape index (κ2) is 10.9. The molecule has 24 heavy (non-hydrogen) atoms. The van der Waals surface area contributed by atoms with Gasteiger partial charge in [0.05, 0.1) is 13.7 Å². The standard InChI is InChI=1S/C19H31NO4/c1-5-6-7-8-11-24-16-10-9-15(12-17(16)23-4)13-20-18(14(2)3)19(21)22/h9-10,12,14,18,20H,5-8,11,13H2,1-4H3,(H,21,22). The Labute approximate surface area is 145 Å². The average molecular weight is 337 g/mol. The maximum absolute atomic E-state index is 11.2. The van der Waals surface area contributed by atoms with Crippen LogP contribution in [-0.2, 0) is 11.3 Å². The molecule has 1 atom stereocenters. The third-order valence-corrected chi connectivity index (χ3v) is 3.94. The van der Waals surface area contributed by atoms with Crippen LogP contribution >= 0.6 is 0 Å². The van der Waals surface area contributed by atoms with Crippen molar-refractivity contribution in [2.45, 2.75) is 59.0 Å². The number of hydrogen-bond donors (Lipinski definition) is 2. The number of aliphatic carboxylic acids is 1. The minimum absolute atomic E-state index is 0.0233. The maximum atomic E-state index is 11.2. The van der Waals surface area contributed by atoms with Crippen molar-refractivity contribution in [1.29, 1.82) is 0 Å². The zero-order valence-electron chi connectivity index (χ0n) is 15.3. The summed E-state index contributed by atoms with van der Waals surface area (Å²) in [7, 11) is 1.62. The van der Waals surface area contributed by atoms with E-state index in [1.165, 1.54) is 19.3 Å². The average Bonchev–Trinajstić information content (AvgIpc) is 2.54. The van der Waals surface area contributed by atoms with E-state index in [0.29, 0.717) is 18.9 Å². The Morgan fingerprint density at radius 1 is 1.21 bits per heavy atom. The van der Waals surface area contributed by atoms with E-state index in [2.05, 4.69) is 12.2 Å². The van der Waals surface area contributed by atoms with E-state index in [-0.39, 0.29) is 5.92 Å². The molecular formula is C19H31NO4. The van der Waals surface area contributed by atoms with Crippen LogP contribution in [-0.4, -0.2) is 30.8 Å². The molecule has 0 aliphatic rings. The monoisotopic (exact) mass is 337 g/mol. The molecule has 0 saturated heterocycles. The number of carbonyl (C=O) groups is 1. The van der Waals surface area contributed by atoms with Crippen molar-refractivity contribution in [2.75, 3.05) is 13.7 Å². The minimum Gasteiger partial charge on any atom is -0.493 e. The van der Waals surface area contributed by atoms with Crippen molar-refractivity contribution in [3.05, 3.63) is 23.8 Å². The molecule has 1 unspecified atom stereocenters. The number of nitrogens with one attached hydrogen (secondary N) is 1. The van der Waals surface area contributed by atoms with E-state index in [0.717, 1.165) is 17.7 Å². The third-order valence-electron chi connectivity index (χ3n) is 3.94. The largest absolute Gasteiger partial charge is 0.493 e. The number of hydrogen-bond acceptors (Lipinski definition) is 4. The summed E-state index contributed by atoms with van der Waals surface area (Å²) in [5, 5.41) is 12.3. The van der Waals surface area contributed by atoms with Crippen LogP contribution in [0.4, 0.5) is 0 Å². The highest BCUT2D eigenvalue weighted by Gasteiger charge is 2.20. The molecular weight excluding hydrogens is 306 g/mol. The number of unbranched alkanes of at least 4 members (excludes halogenated alkanes) is 3. The summed E-state index contributed by atoms with van der Waals surface area (Å²) in [6.07, 6.45) is 4.64. The quantitative estimate of drug-likeness (QED) is 0.567. The molecule has 0 amide bonds. The summed E-state index contributed by atoms with van der Waals surface area (Å²) in [5.41, 5.74) is 0.970. The fraction of sp³-hybridized carbons (Fsp3) is 0.632. The highest BCUT2D eigenvalue weighted by atomic mass is 16.5. The number of ether oxygens (including phenoxy) is 2. The van der Waals surface area contributed by atoms with Crippen molar-refractivity contribution in [3.63, 3.8) is 0 Å². The van der Waals surface area contributed by atoms with E-state index in [1.807, 2.05) is 32.0 Å². The van der Waals surface area contributed by atoms with Gasteiger partial charge in [-0.15, -0.1) is 0 Å². The van der Waals surface area contributed by atoms with Gasteiger partial charge in [-0.3, -0.25) is 4.79 Å². The van der Waals surface area contributed by atoms with Crippen molar-refractivity contribution < 1.29 is 19.4 Å². The topological polar surface area (TPSA) is 67.8 Å². The first kappa shape index (κ1) is 20.3. The maximum Gasteiger partial charge on any atom is 0.320 e. The first-order valence-electron chi connectivity index (χ1n) is 8.75. The molecule has 0 aliphatic heterocycles. The molecule has 5 heteroatoms. The van der Waals surface area contributed by atoms with Crippen LogP contribution in [0.5, 0.6) is 11.5 Å². The van der Waals surface area contributed by atoms with Gasteiger partial charge in [0.1, 0.15) is 6.04 Å². The molecule has 0 radical (unpaired) electrons. The molecule has 0 aromatic heterocycles. The van der Waals surface area contributed by atoms with Crippen molar-refractivity contribution in [2.24, 2.45) is 5.92 Å². The van der Waals surface area contributed by atoms with Gasteiger partial charge in [-0.1, -0.05) is 46.1 Å². The third kappa shape index (κ3) is 6.79. The first-order chi connectivity index (χ1) is 11.5. The molecule has 1 aromatic carbocycles. The molecule has 0 saturated carbocycles. The molecule has 2 N–H and O–H groups in total. The predicted octanol–water partition coefficient (Wildman–Crippen LogP) is 3.85. The predicted molar refractivity (Wildman–Crippen MR) is 95.7 cm³/mol. The van der Waals surface area contributed by atoms with Gasteiger partial charge in [-0.25, -0.2) is 0 Å². The van der Waals surface area contributed by atoms with Crippen LogP contribution < -0.4 is 14.8 Å². The molecule has 1 aromatic rings. The highest BCUT2D eigenvalue weighted by molar-refractivity contribution is 5.73. The van der Waals surface area contributed by atoms with Crippen molar-refractivity contribution >= 4 is 5.97 Å². The summed E-state index contributed by atoms with van der Waals surface area (Å²) in [4.78, 5) is 11.2. The minimum atomic E-state index is -0.830. The van der Waals surface area contributed by atoms with Gasteiger partial charge in [-0.05, 0) is 30.0 Å². The molecule has 5 nitrogen and oxygen atoms in total. The van der Waals surface area contributed by atoms with Crippen molar-refractivity contribution in [3.8, 4) is 11.5 Å². The van der Waals surface area contributed by atoms with Crippen LogP contribution in [0, 0.1) is 5.92 Å². The number of rotatable bonds is 12. The summed E-state index contributed by atoms with van der Waals surface area (Å²) in [6, 6.07) is 5.16. The van der Waals surface area contributed by atoms with Crippen LogP contribution in [0.3, 0.4) is 0 Å². The number of benzene rings is 1. The lowest BCUT2D eigenvalue weighted by atomic mass is 10.0. The summed E-state index contributed by atoms with van der Waals surface area (Å²) >= 11 is 0. The summed E-state index contributed by atoms with van der Waals surface area (Å²) in [5.74, 6) is 0.608. The number of carboxylic acid groups (broad SMARTS) is 1. The molecule has 136 valence electrons. The Hall–Kier alpha value is -1.75. The fourth-order valence-electron chi connectivity index (χ4n) is 2.49.